The van der Waals surface area contributed by atoms with E-state index in [4.69, 9.17) is 0 Å². The number of sulfone groups is 1. The predicted octanol–water partition coefficient (Wildman–Crippen LogP) is 3.50. The van der Waals surface area contributed by atoms with E-state index in [9.17, 15) is 8.42 Å². The van der Waals surface area contributed by atoms with Crippen LogP contribution in [-0.2, 0) is 9.84 Å². The first kappa shape index (κ1) is 16.3. The van der Waals surface area contributed by atoms with Gasteiger partial charge in [0.2, 0.25) is 0 Å². The van der Waals surface area contributed by atoms with Crippen LogP contribution in [0, 0.1) is 11.3 Å². The third kappa shape index (κ3) is 4.43. The highest BCUT2D eigenvalue weighted by atomic mass is 32.2. The molecule has 118 valence electrons. The topological polar surface area (TPSA) is 59.1 Å². The quantitative estimate of drug-likeness (QED) is 0.928. The van der Waals surface area contributed by atoms with Crippen LogP contribution in [0.2, 0.25) is 0 Å². The zero-order valence-corrected chi connectivity index (χ0v) is 14.2. The number of hydrogen-bond donors (Lipinski definition) is 1. The Morgan fingerprint density at radius 2 is 1.76 bits per heavy atom. The minimum absolute atomic E-state index is 0.129. The van der Waals surface area contributed by atoms with Crippen molar-refractivity contribution in [2.45, 2.75) is 57.5 Å². The van der Waals surface area contributed by atoms with Crippen LogP contribution in [0.25, 0.3) is 0 Å². The maximum absolute atomic E-state index is 11.4. The second-order valence-electron chi connectivity index (χ2n) is 7.22. The number of nitrogens with one attached hydrogen (secondary N) is 1. The SMILES string of the molecule is CC(C)(C)C1CCC(Nc2ccc(S(C)(=O)=O)nc2)CC1. The van der Waals surface area contributed by atoms with Gasteiger partial charge in [-0.2, -0.15) is 0 Å². The summed E-state index contributed by atoms with van der Waals surface area (Å²) in [6.07, 6.45) is 7.61. The molecule has 0 aromatic carbocycles. The van der Waals surface area contributed by atoms with Crippen LogP contribution in [0.5, 0.6) is 0 Å². The summed E-state index contributed by atoms with van der Waals surface area (Å²) < 4.78 is 22.8. The van der Waals surface area contributed by atoms with Crippen molar-refractivity contribution in [3.63, 3.8) is 0 Å². The first-order chi connectivity index (χ1) is 9.66. The average Bonchev–Trinajstić information content (AvgIpc) is 2.38. The van der Waals surface area contributed by atoms with Crippen LogP contribution in [0.15, 0.2) is 23.4 Å². The summed E-state index contributed by atoms with van der Waals surface area (Å²) in [5.74, 6) is 0.793. The lowest BCUT2D eigenvalue weighted by Crippen LogP contribution is -2.31. The lowest BCUT2D eigenvalue weighted by molar-refractivity contribution is 0.173. The molecular weight excluding hydrogens is 284 g/mol. The Morgan fingerprint density at radius 3 is 2.19 bits per heavy atom. The fourth-order valence-corrected chi connectivity index (χ4v) is 3.58. The van der Waals surface area contributed by atoms with Crippen molar-refractivity contribution in [1.82, 2.24) is 4.98 Å². The summed E-state index contributed by atoms with van der Waals surface area (Å²) in [6, 6.07) is 3.84. The zero-order valence-electron chi connectivity index (χ0n) is 13.4. The molecule has 0 bridgehead atoms. The maximum atomic E-state index is 11.4. The molecule has 1 saturated carbocycles. The van der Waals surface area contributed by atoms with Crippen LogP contribution in [0.1, 0.15) is 46.5 Å². The average molecular weight is 310 g/mol. The Hall–Kier alpha value is -1.10. The van der Waals surface area contributed by atoms with E-state index >= 15 is 0 Å². The Bertz CT molecular complexity index is 565. The van der Waals surface area contributed by atoms with Crippen LogP contribution in [0.4, 0.5) is 5.69 Å². The Morgan fingerprint density at radius 1 is 1.14 bits per heavy atom. The van der Waals surface area contributed by atoms with Gasteiger partial charge in [0.15, 0.2) is 14.9 Å². The van der Waals surface area contributed by atoms with Crippen molar-refractivity contribution in [3.05, 3.63) is 18.3 Å². The number of pyridine rings is 1. The van der Waals surface area contributed by atoms with Gasteiger partial charge in [-0.05, 0) is 49.1 Å². The van der Waals surface area contributed by atoms with Gasteiger partial charge < -0.3 is 5.32 Å². The lowest BCUT2D eigenvalue weighted by atomic mass is 9.71. The van der Waals surface area contributed by atoms with E-state index in [1.54, 1.807) is 18.3 Å². The third-order valence-corrected chi connectivity index (χ3v) is 5.44. The Kier molecular flexibility index (Phi) is 4.61. The fourth-order valence-electron chi connectivity index (χ4n) is 3.02. The molecule has 0 atom stereocenters. The van der Waals surface area contributed by atoms with E-state index < -0.39 is 9.84 Å². The summed E-state index contributed by atoms with van der Waals surface area (Å²) in [5, 5.41) is 3.60. The molecule has 1 aliphatic carbocycles. The summed E-state index contributed by atoms with van der Waals surface area (Å²) in [4.78, 5) is 4.02. The number of rotatable bonds is 3. The second kappa shape index (κ2) is 5.95. The molecule has 5 heteroatoms. The molecule has 1 aliphatic rings. The molecule has 1 N–H and O–H groups in total. The molecule has 0 unspecified atom stereocenters. The van der Waals surface area contributed by atoms with E-state index in [1.807, 2.05) is 0 Å². The molecule has 1 aromatic rings. The van der Waals surface area contributed by atoms with E-state index in [1.165, 1.54) is 19.1 Å². The first-order valence-corrected chi connectivity index (χ1v) is 9.48. The van der Waals surface area contributed by atoms with Gasteiger partial charge in [-0.3, -0.25) is 0 Å². The van der Waals surface area contributed by atoms with E-state index in [-0.39, 0.29) is 5.03 Å². The molecule has 0 spiro atoms. The van der Waals surface area contributed by atoms with Gasteiger partial charge in [0, 0.05) is 12.3 Å². The number of aromatic nitrogens is 1. The number of anilines is 1. The lowest BCUT2D eigenvalue weighted by Gasteiger charge is -2.37. The number of hydrogen-bond acceptors (Lipinski definition) is 4. The molecule has 0 saturated heterocycles. The van der Waals surface area contributed by atoms with Crippen LogP contribution in [-0.4, -0.2) is 25.7 Å². The maximum Gasteiger partial charge on any atom is 0.192 e. The van der Waals surface area contributed by atoms with Gasteiger partial charge in [0.05, 0.1) is 11.9 Å². The smallest absolute Gasteiger partial charge is 0.192 e. The molecule has 4 nitrogen and oxygen atoms in total. The standard InChI is InChI=1S/C16H26N2O2S/c1-16(2,3)12-5-7-13(8-6-12)18-14-9-10-15(17-11-14)21(4,19)20/h9-13,18H,5-8H2,1-4H3. The molecule has 2 rings (SSSR count). The van der Waals surface area contributed by atoms with Crippen LogP contribution >= 0.6 is 0 Å². The normalized spacial score (nSPS) is 23.8. The molecule has 21 heavy (non-hydrogen) atoms. The number of nitrogens with zero attached hydrogens (tertiary/aromatic N) is 1. The molecule has 0 radical (unpaired) electrons. The largest absolute Gasteiger partial charge is 0.381 e. The van der Waals surface area contributed by atoms with Crippen molar-refractivity contribution in [2.24, 2.45) is 11.3 Å². The van der Waals surface area contributed by atoms with Gasteiger partial charge in [-0.1, -0.05) is 20.8 Å². The molecule has 1 aromatic heterocycles. The molecule has 0 amide bonds. The highest BCUT2D eigenvalue weighted by molar-refractivity contribution is 7.90. The van der Waals surface area contributed by atoms with Crippen LogP contribution in [0.3, 0.4) is 0 Å². The van der Waals surface area contributed by atoms with Gasteiger partial charge in [-0.15, -0.1) is 0 Å². The minimum Gasteiger partial charge on any atom is -0.381 e. The first-order valence-electron chi connectivity index (χ1n) is 7.59. The predicted molar refractivity (Wildman–Crippen MR) is 86.2 cm³/mol. The fraction of sp³-hybridized carbons (Fsp3) is 0.688. The van der Waals surface area contributed by atoms with Crippen molar-refractivity contribution < 1.29 is 8.42 Å². The Labute approximate surface area is 128 Å². The van der Waals surface area contributed by atoms with E-state index in [0.29, 0.717) is 11.5 Å². The molecule has 1 heterocycles. The summed E-state index contributed by atoms with van der Waals surface area (Å²) >= 11 is 0. The third-order valence-electron chi connectivity index (χ3n) is 4.44. The minimum atomic E-state index is -3.22. The zero-order chi connectivity index (χ0) is 15.7. The molecular formula is C16H26N2O2S. The van der Waals surface area contributed by atoms with Gasteiger partial charge in [0.1, 0.15) is 0 Å². The molecule has 1 fully saturated rings. The van der Waals surface area contributed by atoms with Crippen LogP contribution < -0.4 is 5.32 Å². The summed E-state index contributed by atoms with van der Waals surface area (Å²) in [6.45, 7) is 6.96. The van der Waals surface area contributed by atoms with Crippen molar-refractivity contribution in [3.8, 4) is 0 Å². The van der Waals surface area contributed by atoms with Crippen molar-refractivity contribution in [1.29, 1.82) is 0 Å². The highest BCUT2D eigenvalue weighted by Gasteiger charge is 2.29. The van der Waals surface area contributed by atoms with Gasteiger partial charge in [-0.25, -0.2) is 13.4 Å². The second-order valence-corrected chi connectivity index (χ2v) is 9.18. The van der Waals surface area contributed by atoms with Crippen molar-refractivity contribution >= 4 is 15.5 Å². The highest BCUT2D eigenvalue weighted by Crippen LogP contribution is 2.38. The van der Waals surface area contributed by atoms with E-state index in [0.717, 1.165) is 24.4 Å². The summed E-state index contributed by atoms with van der Waals surface area (Å²) in [7, 11) is -3.22. The Balaban J connectivity index is 1.92. The van der Waals surface area contributed by atoms with Gasteiger partial charge in [0.25, 0.3) is 0 Å². The molecule has 0 aliphatic heterocycles. The summed E-state index contributed by atoms with van der Waals surface area (Å²) in [5.41, 5.74) is 1.30. The van der Waals surface area contributed by atoms with Gasteiger partial charge >= 0.3 is 0 Å². The van der Waals surface area contributed by atoms with Crippen molar-refractivity contribution in [2.75, 3.05) is 11.6 Å². The monoisotopic (exact) mass is 310 g/mol. The van der Waals surface area contributed by atoms with E-state index in [2.05, 4.69) is 31.1 Å².